The average Bonchev–Trinajstić information content (AvgIpc) is 3.21. The number of carbonyl (C=O) groups is 1. The number of nitrogens with zero attached hydrogens (tertiary/aromatic N) is 6. The highest BCUT2D eigenvalue weighted by molar-refractivity contribution is 6.99. The minimum Gasteiger partial charge on any atom is -0.370 e. The van der Waals surface area contributed by atoms with Crippen LogP contribution in [0.1, 0.15) is 34.1 Å². The van der Waals surface area contributed by atoms with Gasteiger partial charge < -0.3 is 9.64 Å². The number of likely N-dealkylation sites (tertiary alicyclic amines) is 1. The molecule has 2 aliphatic heterocycles. The van der Waals surface area contributed by atoms with E-state index in [2.05, 4.69) is 23.6 Å². The molecule has 4 heterocycles. The molecule has 1 spiro atoms. The van der Waals surface area contributed by atoms with Crippen molar-refractivity contribution >= 4 is 17.6 Å². The first kappa shape index (κ1) is 17.4. The Labute approximate surface area is 156 Å². The normalized spacial score (nSPS) is 23.7. The van der Waals surface area contributed by atoms with Gasteiger partial charge in [0.1, 0.15) is 5.82 Å². The fourth-order valence-electron chi connectivity index (χ4n) is 3.73. The van der Waals surface area contributed by atoms with Gasteiger partial charge in [-0.05, 0) is 26.3 Å². The molecule has 2 saturated heterocycles. The molecule has 9 heteroatoms. The molecule has 2 fully saturated rings. The molecule has 26 heavy (non-hydrogen) atoms. The summed E-state index contributed by atoms with van der Waals surface area (Å²) in [6.45, 7) is 7.99. The lowest BCUT2D eigenvalue weighted by atomic mass is 10.0. The van der Waals surface area contributed by atoms with Crippen LogP contribution in [0, 0.1) is 13.8 Å². The largest absolute Gasteiger partial charge is 0.370 e. The number of rotatable bonds is 3. The summed E-state index contributed by atoms with van der Waals surface area (Å²) >= 11 is 1.09. The second-order valence-electron chi connectivity index (χ2n) is 7.01. The lowest BCUT2D eigenvalue weighted by Crippen LogP contribution is -2.55. The zero-order chi connectivity index (χ0) is 18.1. The van der Waals surface area contributed by atoms with Crippen LogP contribution in [0.15, 0.2) is 12.3 Å². The van der Waals surface area contributed by atoms with Crippen molar-refractivity contribution in [2.24, 2.45) is 0 Å². The van der Waals surface area contributed by atoms with E-state index >= 15 is 0 Å². The Morgan fingerprint density at radius 3 is 2.96 bits per heavy atom. The summed E-state index contributed by atoms with van der Waals surface area (Å²) in [5.41, 5.74) is 1.89. The van der Waals surface area contributed by atoms with Crippen molar-refractivity contribution in [1.29, 1.82) is 0 Å². The molecule has 2 aromatic heterocycles. The standard InChI is InChI=1S/C17H22N6O2S/c1-12-15(21-26-20-12)16(24)23-7-8-25-17(11-23)4-6-22(10-17)9-14-3-5-18-13(2)19-14/h3,5H,4,6-11H2,1-2H3. The molecule has 0 aliphatic carbocycles. The van der Waals surface area contributed by atoms with Crippen molar-refractivity contribution in [3.05, 3.63) is 35.2 Å². The number of hydrogen-bond acceptors (Lipinski definition) is 8. The summed E-state index contributed by atoms with van der Waals surface area (Å²) in [6, 6.07) is 1.95. The summed E-state index contributed by atoms with van der Waals surface area (Å²) in [7, 11) is 0. The van der Waals surface area contributed by atoms with E-state index in [-0.39, 0.29) is 11.5 Å². The molecule has 1 atom stereocenters. The van der Waals surface area contributed by atoms with E-state index in [9.17, 15) is 4.79 Å². The number of aromatic nitrogens is 4. The summed E-state index contributed by atoms with van der Waals surface area (Å²) in [5, 5.41) is 0. The molecule has 2 aliphatic rings. The Hall–Kier alpha value is -1.97. The molecule has 138 valence electrons. The van der Waals surface area contributed by atoms with Crippen LogP contribution >= 0.6 is 11.7 Å². The van der Waals surface area contributed by atoms with Crippen LogP contribution in [-0.4, -0.2) is 72.8 Å². The van der Waals surface area contributed by atoms with Crippen LogP contribution in [0.2, 0.25) is 0 Å². The molecule has 2 aromatic rings. The molecule has 1 unspecified atom stereocenters. The van der Waals surface area contributed by atoms with Gasteiger partial charge in [0.25, 0.3) is 5.91 Å². The number of morpholine rings is 1. The molecular weight excluding hydrogens is 352 g/mol. The zero-order valence-electron chi connectivity index (χ0n) is 15.0. The van der Waals surface area contributed by atoms with Crippen LogP contribution in [0.4, 0.5) is 0 Å². The summed E-state index contributed by atoms with van der Waals surface area (Å²) in [5.74, 6) is 0.748. The smallest absolute Gasteiger partial charge is 0.275 e. The van der Waals surface area contributed by atoms with Crippen molar-refractivity contribution in [3.8, 4) is 0 Å². The quantitative estimate of drug-likeness (QED) is 0.794. The third kappa shape index (κ3) is 3.46. The van der Waals surface area contributed by atoms with E-state index in [1.165, 1.54) is 0 Å². The van der Waals surface area contributed by atoms with Gasteiger partial charge in [-0.15, -0.1) is 0 Å². The Kier molecular flexibility index (Phi) is 4.68. The van der Waals surface area contributed by atoms with Gasteiger partial charge in [-0.1, -0.05) is 0 Å². The number of aryl methyl sites for hydroxylation is 2. The fourth-order valence-corrected chi connectivity index (χ4v) is 4.27. The van der Waals surface area contributed by atoms with Crippen LogP contribution < -0.4 is 0 Å². The Morgan fingerprint density at radius 2 is 2.19 bits per heavy atom. The van der Waals surface area contributed by atoms with Crippen LogP contribution in [0.25, 0.3) is 0 Å². The number of amides is 1. The number of hydrogen-bond donors (Lipinski definition) is 0. The molecular formula is C17H22N6O2S. The van der Waals surface area contributed by atoms with Gasteiger partial charge in [0.15, 0.2) is 5.69 Å². The van der Waals surface area contributed by atoms with Crippen molar-refractivity contribution in [1.82, 2.24) is 28.5 Å². The van der Waals surface area contributed by atoms with E-state index < -0.39 is 0 Å². The fraction of sp³-hybridized carbons (Fsp3) is 0.588. The Morgan fingerprint density at radius 1 is 1.31 bits per heavy atom. The van der Waals surface area contributed by atoms with E-state index in [1.807, 2.05) is 24.8 Å². The number of carbonyl (C=O) groups excluding carboxylic acids is 1. The molecule has 0 radical (unpaired) electrons. The van der Waals surface area contributed by atoms with E-state index in [0.29, 0.717) is 31.1 Å². The molecule has 0 N–H and O–H groups in total. The molecule has 1 amide bonds. The second-order valence-corrected chi connectivity index (χ2v) is 7.54. The minimum atomic E-state index is -0.298. The zero-order valence-corrected chi connectivity index (χ0v) is 15.8. The van der Waals surface area contributed by atoms with Crippen molar-refractivity contribution in [2.75, 3.05) is 32.8 Å². The van der Waals surface area contributed by atoms with Crippen LogP contribution in [0.5, 0.6) is 0 Å². The summed E-state index contributed by atoms with van der Waals surface area (Å²) in [6.07, 6.45) is 2.71. The highest BCUT2D eigenvalue weighted by Crippen LogP contribution is 2.30. The predicted octanol–water partition coefficient (Wildman–Crippen LogP) is 1.06. The Bertz CT molecular complexity index is 812. The average molecular weight is 374 g/mol. The first-order valence-electron chi connectivity index (χ1n) is 8.78. The monoisotopic (exact) mass is 374 g/mol. The van der Waals surface area contributed by atoms with Gasteiger partial charge in [0.05, 0.1) is 41.9 Å². The summed E-state index contributed by atoms with van der Waals surface area (Å²) in [4.78, 5) is 25.6. The first-order valence-corrected chi connectivity index (χ1v) is 9.51. The minimum absolute atomic E-state index is 0.0381. The van der Waals surface area contributed by atoms with Crippen molar-refractivity contribution < 1.29 is 9.53 Å². The van der Waals surface area contributed by atoms with Crippen molar-refractivity contribution in [3.63, 3.8) is 0 Å². The number of ether oxygens (including phenoxy) is 1. The van der Waals surface area contributed by atoms with Gasteiger partial charge in [-0.2, -0.15) is 8.75 Å². The molecule has 4 rings (SSSR count). The van der Waals surface area contributed by atoms with E-state index in [4.69, 9.17) is 4.74 Å². The van der Waals surface area contributed by atoms with Gasteiger partial charge >= 0.3 is 0 Å². The van der Waals surface area contributed by atoms with E-state index in [0.717, 1.165) is 49.3 Å². The third-order valence-electron chi connectivity index (χ3n) is 5.01. The molecule has 0 bridgehead atoms. The van der Waals surface area contributed by atoms with Crippen LogP contribution in [0.3, 0.4) is 0 Å². The van der Waals surface area contributed by atoms with Crippen molar-refractivity contribution in [2.45, 2.75) is 32.4 Å². The second kappa shape index (κ2) is 6.98. The lowest BCUT2D eigenvalue weighted by Gasteiger charge is -2.40. The molecule has 0 aromatic carbocycles. The third-order valence-corrected chi connectivity index (χ3v) is 5.63. The lowest BCUT2D eigenvalue weighted by molar-refractivity contribution is -0.0920. The maximum absolute atomic E-state index is 12.8. The molecule has 0 saturated carbocycles. The van der Waals surface area contributed by atoms with Gasteiger partial charge in [0, 0.05) is 32.4 Å². The van der Waals surface area contributed by atoms with Gasteiger partial charge in [0.2, 0.25) is 0 Å². The summed E-state index contributed by atoms with van der Waals surface area (Å²) < 4.78 is 14.4. The van der Waals surface area contributed by atoms with Gasteiger partial charge in [-0.3, -0.25) is 9.69 Å². The predicted molar refractivity (Wildman–Crippen MR) is 95.9 cm³/mol. The van der Waals surface area contributed by atoms with Crippen LogP contribution in [-0.2, 0) is 11.3 Å². The topological polar surface area (TPSA) is 84.3 Å². The van der Waals surface area contributed by atoms with Gasteiger partial charge in [-0.25, -0.2) is 9.97 Å². The Balaban J connectivity index is 1.42. The molecule has 8 nitrogen and oxygen atoms in total. The SMILES string of the molecule is Cc1nccc(CN2CCC3(C2)CN(C(=O)c2nsnc2C)CCO3)n1. The maximum Gasteiger partial charge on any atom is 0.275 e. The first-order chi connectivity index (χ1) is 12.5. The highest BCUT2D eigenvalue weighted by atomic mass is 32.1. The maximum atomic E-state index is 12.8. The van der Waals surface area contributed by atoms with E-state index in [1.54, 1.807) is 6.20 Å². The highest BCUT2D eigenvalue weighted by Gasteiger charge is 2.44.